The first-order valence-electron chi connectivity index (χ1n) is 12.7. The molecule has 0 bridgehead atoms. The maximum atomic E-state index is 13.0. The van der Waals surface area contributed by atoms with E-state index in [0.29, 0.717) is 16.8 Å². The van der Waals surface area contributed by atoms with Gasteiger partial charge >= 0.3 is 0 Å². The van der Waals surface area contributed by atoms with E-state index in [1.54, 1.807) is 18.5 Å². The van der Waals surface area contributed by atoms with Gasteiger partial charge in [0.15, 0.2) is 5.84 Å². The highest BCUT2D eigenvalue weighted by atomic mass is 32.2. The minimum Gasteiger partial charge on any atom is -0.493 e. The molecule has 2 aromatic heterocycles. The van der Waals surface area contributed by atoms with Crippen LogP contribution in [-0.2, 0) is 11.3 Å². The fourth-order valence-electron chi connectivity index (χ4n) is 4.63. The molecule has 6 rings (SSSR count). The number of hydrazone groups is 1. The zero-order chi connectivity index (χ0) is 26.9. The quantitative estimate of drug-likeness (QED) is 0.239. The lowest BCUT2D eigenvalue weighted by molar-refractivity contribution is -0.114. The van der Waals surface area contributed by atoms with Gasteiger partial charge in [0.1, 0.15) is 10.8 Å². The van der Waals surface area contributed by atoms with Gasteiger partial charge < -0.3 is 9.30 Å². The van der Waals surface area contributed by atoms with Crippen molar-refractivity contribution >= 4 is 50.7 Å². The number of pyridine rings is 1. The van der Waals surface area contributed by atoms with E-state index in [1.807, 2.05) is 48.7 Å². The number of nitrogens with one attached hydrogen (secondary N) is 1. The van der Waals surface area contributed by atoms with Crippen LogP contribution in [0, 0.1) is 19.3 Å². The maximum Gasteiger partial charge on any atom is 0.283 e. The summed E-state index contributed by atoms with van der Waals surface area (Å²) in [5.41, 5.74) is 5.32. The molecular weight excluding hydrogens is 508 g/mol. The monoisotopic (exact) mass is 534 g/mol. The molecule has 0 fully saturated rings. The second kappa shape index (κ2) is 10.3. The van der Waals surface area contributed by atoms with Crippen LogP contribution in [0.1, 0.15) is 28.7 Å². The summed E-state index contributed by atoms with van der Waals surface area (Å²) in [4.78, 5) is 21.4. The van der Waals surface area contributed by atoms with Crippen LogP contribution in [0.15, 0.2) is 88.9 Å². The Morgan fingerprint density at radius 1 is 1.08 bits per heavy atom. The van der Waals surface area contributed by atoms with Crippen molar-refractivity contribution in [2.24, 2.45) is 10.1 Å². The third kappa shape index (κ3) is 4.77. The van der Waals surface area contributed by atoms with E-state index in [2.05, 4.69) is 45.6 Å². The van der Waals surface area contributed by atoms with E-state index in [0.717, 1.165) is 46.3 Å². The summed E-state index contributed by atoms with van der Waals surface area (Å²) in [7, 11) is 0. The number of aromatic nitrogens is 2. The summed E-state index contributed by atoms with van der Waals surface area (Å²) in [6.07, 6.45) is 7.99. The highest BCUT2D eigenvalue weighted by molar-refractivity contribution is 8.27. The smallest absolute Gasteiger partial charge is 0.283 e. The van der Waals surface area contributed by atoms with Crippen LogP contribution in [0.4, 0.5) is 0 Å². The SMILES string of the molecule is Cc1cccc(OCCCn2cc(/C=C3\C(=N)N4N=C(c5cccnc5)SC4=NC3=O)c3ccccc32)c1C. The van der Waals surface area contributed by atoms with Gasteiger partial charge in [-0.3, -0.25) is 15.2 Å². The summed E-state index contributed by atoms with van der Waals surface area (Å²) in [5, 5.41) is 16.8. The minimum absolute atomic E-state index is 0.00939. The molecule has 4 heterocycles. The van der Waals surface area contributed by atoms with Crippen molar-refractivity contribution in [2.75, 3.05) is 6.61 Å². The molecular formula is C30H26N6O2S. The van der Waals surface area contributed by atoms with Crippen molar-refractivity contribution in [1.29, 1.82) is 5.41 Å². The standard InChI is InChI=1S/C30H26N6O2S/c1-19-8-5-12-26(20(19)2)38-15-7-14-35-18-22(23-10-3-4-11-25(23)35)16-24-27(31)36-30(33-28(24)37)39-29(34-36)21-9-6-13-32-17-21/h3-6,8-13,16-18,31H,7,14-15H2,1-2H3/b24-16+,31-27?. The number of hydrogen-bond acceptors (Lipinski definition) is 6. The predicted octanol–water partition coefficient (Wildman–Crippen LogP) is 5.79. The Kier molecular flexibility index (Phi) is 6.58. The van der Waals surface area contributed by atoms with Gasteiger partial charge in [-0.05, 0) is 73.5 Å². The van der Waals surface area contributed by atoms with Crippen molar-refractivity contribution in [3.05, 3.63) is 101 Å². The van der Waals surface area contributed by atoms with Gasteiger partial charge in [0.05, 0.1) is 12.2 Å². The molecule has 8 nitrogen and oxygen atoms in total. The average molecular weight is 535 g/mol. The number of amides is 1. The van der Waals surface area contributed by atoms with Gasteiger partial charge in [-0.25, -0.2) is 0 Å². The number of carbonyl (C=O) groups excluding carboxylic acids is 1. The number of amidine groups is 2. The molecule has 0 atom stereocenters. The van der Waals surface area contributed by atoms with Crippen LogP contribution >= 0.6 is 11.8 Å². The van der Waals surface area contributed by atoms with Gasteiger partial charge in [0.25, 0.3) is 5.91 Å². The Balaban J connectivity index is 1.23. The van der Waals surface area contributed by atoms with E-state index in [4.69, 9.17) is 10.1 Å². The molecule has 1 N–H and O–H groups in total. The van der Waals surface area contributed by atoms with E-state index < -0.39 is 5.91 Å². The summed E-state index contributed by atoms with van der Waals surface area (Å²) >= 11 is 1.26. The lowest BCUT2D eigenvalue weighted by Gasteiger charge is -2.20. The van der Waals surface area contributed by atoms with Crippen LogP contribution in [0.25, 0.3) is 17.0 Å². The lowest BCUT2D eigenvalue weighted by atomic mass is 10.1. The Morgan fingerprint density at radius 2 is 1.95 bits per heavy atom. The number of fused-ring (bicyclic) bond motifs is 2. The van der Waals surface area contributed by atoms with E-state index in [1.165, 1.54) is 22.3 Å². The van der Waals surface area contributed by atoms with Crippen molar-refractivity contribution in [3.63, 3.8) is 0 Å². The highest BCUT2D eigenvalue weighted by Crippen LogP contribution is 2.32. The van der Waals surface area contributed by atoms with Crippen molar-refractivity contribution in [2.45, 2.75) is 26.8 Å². The number of ether oxygens (including phenoxy) is 1. The maximum absolute atomic E-state index is 13.0. The lowest BCUT2D eigenvalue weighted by Crippen LogP contribution is -2.35. The molecule has 9 heteroatoms. The Morgan fingerprint density at radius 3 is 2.79 bits per heavy atom. The topological polar surface area (TPSA) is 95.9 Å². The first-order valence-corrected chi connectivity index (χ1v) is 13.5. The third-order valence-corrected chi connectivity index (χ3v) is 7.80. The van der Waals surface area contributed by atoms with Crippen LogP contribution in [-0.4, -0.2) is 43.1 Å². The number of thioether (sulfide) groups is 1. The number of rotatable bonds is 7. The number of nitrogens with zero attached hydrogens (tertiary/aromatic N) is 5. The van der Waals surface area contributed by atoms with E-state index in [-0.39, 0.29) is 11.4 Å². The second-order valence-electron chi connectivity index (χ2n) is 9.36. The Hall–Kier alpha value is -4.50. The van der Waals surface area contributed by atoms with Crippen LogP contribution in [0.3, 0.4) is 0 Å². The molecule has 1 amide bonds. The zero-order valence-electron chi connectivity index (χ0n) is 21.6. The molecule has 39 heavy (non-hydrogen) atoms. The van der Waals surface area contributed by atoms with Crippen LogP contribution in [0.5, 0.6) is 5.75 Å². The molecule has 0 aliphatic carbocycles. The van der Waals surface area contributed by atoms with Gasteiger partial charge in [-0.2, -0.15) is 15.1 Å². The molecule has 2 aliphatic heterocycles. The Labute approximate surface area is 230 Å². The summed E-state index contributed by atoms with van der Waals surface area (Å²) < 4.78 is 8.22. The normalized spacial score (nSPS) is 16.1. The first-order chi connectivity index (χ1) is 19.0. The minimum atomic E-state index is -0.444. The fourth-order valence-corrected chi connectivity index (χ4v) is 5.51. The van der Waals surface area contributed by atoms with Crippen LogP contribution in [0.2, 0.25) is 0 Å². The molecule has 0 saturated heterocycles. The van der Waals surface area contributed by atoms with E-state index in [9.17, 15) is 4.79 Å². The molecule has 194 valence electrons. The van der Waals surface area contributed by atoms with Crippen molar-refractivity contribution in [3.8, 4) is 5.75 Å². The second-order valence-corrected chi connectivity index (χ2v) is 10.3. The number of benzene rings is 2. The average Bonchev–Trinajstić information content (AvgIpc) is 3.53. The number of para-hydroxylation sites is 1. The number of aryl methyl sites for hydroxylation is 2. The molecule has 4 aromatic rings. The summed E-state index contributed by atoms with van der Waals surface area (Å²) in [5.74, 6) is 0.483. The Bertz CT molecular complexity index is 1700. The summed E-state index contributed by atoms with van der Waals surface area (Å²) in [6, 6.07) is 17.9. The molecule has 0 radical (unpaired) electrons. The van der Waals surface area contributed by atoms with Crippen molar-refractivity contribution in [1.82, 2.24) is 14.6 Å². The van der Waals surface area contributed by atoms with Crippen LogP contribution < -0.4 is 4.74 Å². The molecule has 0 spiro atoms. The van der Waals surface area contributed by atoms with Crippen molar-refractivity contribution < 1.29 is 9.53 Å². The van der Waals surface area contributed by atoms with Gasteiger partial charge in [-0.1, -0.05) is 30.3 Å². The van der Waals surface area contributed by atoms with Gasteiger partial charge in [0, 0.05) is 47.2 Å². The number of hydrogen-bond donors (Lipinski definition) is 1. The number of carbonyl (C=O) groups is 1. The first kappa shape index (κ1) is 24.8. The predicted molar refractivity (Wildman–Crippen MR) is 156 cm³/mol. The summed E-state index contributed by atoms with van der Waals surface area (Å²) in [6.45, 7) is 5.51. The van der Waals surface area contributed by atoms with E-state index >= 15 is 0 Å². The fraction of sp³-hybridized carbons (Fsp3) is 0.167. The third-order valence-electron chi connectivity index (χ3n) is 6.84. The highest BCUT2D eigenvalue weighted by Gasteiger charge is 2.36. The molecule has 2 aromatic carbocycles. The van der Waals surface area contributed by atoms with Gasteiger partial charge in [-0.15, -0.1) is 0 Å². The van der Waals surface area contributed by atoms with Gasteiger partial charge in [0.2, 0.25) is 5.17 Å². The molecule has 0 unspecified atom stereocenters. The zero-order valence-corrected chi connectivity index (χ0v) is 22.4. The molecule has 2 aliphatic rings. The number of aliphatic imine (C=N–C) groups is 1. The molecule has 0 saturated carbocycles. The largest absolute Gasteiger partial charge is 0.493 e.